The lowest BCUT2D eigenvalue weighted by Gasteiger charge is -2.27. The Hall–Kier alpha value is -1.65. The van der Waals surface area contributed by atoms with Crippen molar-refractivity contribution in [2.45, 2.75) is 39.7 Å². The molecular formula is C16H22F2N2O. The molecule has 0 heterocycles. The third-order valence-electron chi connectivity index (χ3n) is 3.68. The van der Waals surface area contributed by atoms with Gasteiger partial charge in [-0.25, -0.2) is 8.78 Å². The van der Waals surface area contributed by atoms with Crippen LogP contribution >= 0.6 is 0 Å². The zero-order valence-electron chi connectivity index (χ0n) is 12.7. The zero-order chi connectivity index (χ0) is 15.6. The number of carbonyl (C=O) groups is 1. The number of rotatable bonds is 6. The second kappa shape index (κ2) is 6.41. The summed E-state index contributed by atoms with van der Waals surface area (Å²) in [6.07, 6.45) is 2.25. The van der Waals surface area contributed by atoms with Gasteiger partial charge in [0.05, 0.1) is 0 Å². The molecule has 1 aliphatic rings. The molecule has 0 spiro atoms. The number of hydrogen-bond donors (Lipinski definition) is 1. The number of anilines is 1. The highest BCUT2D eigenvalue weighted by atomic mass is 19.1. The van der Waals surface area contributed by atoms with E-state index in [2.05, 4.69) is 5.32 Å². The minimum atomic E-state index is -0.727. The molecule has 0 saturated heterocycles. The van der Waals surface area contributed by atoms with Gasteiger partial charge in [-0.2, -0.15) is 0 Å². The van der Waals surface area contributed by atoms with Crippen LogP contribution in [0.4, 0.5) is 14.5 Å². The largest absolute Gasteiger partial charge is 0.381 e. The fourth-order valence-corrected chi connectivity index (χ4v) is 2.31. The Labute approximate surface area is 124 Å². The lowest BCUT2D eigenvalue weighted by atomic mass is 10.1. The zero-order valence-corrected chi connectivity index (χ0v) is 12.7. The van der Waals surface area contributed by atoms with Crippen molar-refractivity contribution in [1.29, 1.82) is 0 Å². The lowest BCUT2D eigenvalue weighted by molar-refractivity contribution is 0.0695. The summed E-state index contributed by atoms with van der Waals surface area (Å²) < 4.78 is 27.8. The van der Waals surface area contributed by atoms with Crippen molar-refractivity contribution < 1.29 is 13.6 Å². The van der Waals surface area contributed by atoms with Gasteiger partial charge in [-0.15, -0.1) is 0 Å². The van der Waals surface area contributed by atoms with E-state index in [4.69, 9.17) is 0 Å². The van der Waals surface area contributed by atoms with Gasteiger partial charge in [0, 0.05) is 24.7 Å². The first-order valence-corrected chi connectivity index (χ1v) is 7.47. The van der Waals surface area contributed by atoms with Crippen molar-refractivity contribution in [3.05, 3.63) is 29.3 Å². The lowest BCUT2D eigenvalue weighted by Crippen LogP contribution is -2.38. The Kier molecular flexibility index (Phi) is 4.80. The minimum Gasteiger partial charge on any atom is -0.381 e. The second-order valence-electron chi connectivity index (χ2n) is 5.84. The van der Waals surface area contributed by atoms with E-state index in [0.717, 1.165) is 25.0 Å². The minimum absolute atomic E-state index is 0.0117. The van der Waals surface area contributed by atoms with E-state index < -0.39 is 11.6 Å². The molecule has 0 unspecified atom stereocenters. The van der Waals surface area contributed by atoms with E-state index in [1.165, 1.54) is 0 Å². The van der Waals surface area contributed by atoms with Crippen LogP contribution < -0.4 is 5.32 Å². The number of hydrogen-bond acceptors (Lipinski definition) is 2. The van der Waals surface area contributed by atoms with Crippen molar-refractivity contribution in [3.8, 4) is 0 Å². The number of amides is 1. The van der Waals surface area contributed by atoms with E-state index in [9.17, 15) is 13.6 Å². The van der Waals surface area contributed by atoms with Crippen LogP contribution in [-0.4, -0.2) is 29.9 Å². The van der Waals surface area contributed by atoms with Crippen LogP contribution in [0.25, 0.3) is 0 Å². The molecule has 1 aromatic rings. The summed E-state index contributed by atoms with van der Waals surface area (Å²) in [4.78, 5) is 14.2. The Morgan fingerprint density at radius 2 is 1.90 bits per heavy atom. The van der Waals surface area contributed by atoms with Crippen molar-refractivity contribution >= 4 is 11.6 Å². The average molecular weight is 296 g/mol. The molecule has 116 valence electrons. The molecule has 5 heteroatoms. The maximum absolute atomic E-state index is 13.9. The molecular weight excluding hydrogens is 274 g/mol. The average Bonchev–Trinajstić information content (AvgIpc) is 3.23. The van der Waals surface area contributed by atoms with Crippen LogP contribution in [0.1, 0.15) is 44.0 Å². The van der Waals surface area contributed by atoms with Crippen LogP contribution in [0.15, 0.2) is 12.1 Å². The summed E-state index contributed by atoms with van der Waals surface area (Å²) in [7, 11) is 0. The number of benzene rings is 1. The van der Waals surface area contributed by atoms with Crippen LogP contribution in [0.2, 0.25) is 0 Å². The molecule has 0 aliphatic heterocycles. The van der Waals surface area contributed by atoms with Crippen LogP contribution in [0, 0.1) is 17.6 Å². The maximum Gasteiger partial charge on any atom is 0.254 e. The van der Waals surface area contributed by atoms with Gasteiger partial charge in [0.2, 0.25) is 0 Å². The van der Waals surface area contributed by atoms with E-state index >= 15 is 0 Å². The third-order valence-corrected chi connectivity index (χ3v) is 3.68. The third kappa shape index (κ3) is 3.71. The number of nitrogens with one attached hydrogen (secondary N) is 1. The SMILES string of the molecule is CCNc1c(F)cc(C(=O)N(CC2CC2)C(C)C)cc1F. The van der Waals surface area contributed by atoms with Gasteiger partial charge in [-0.1, -0.05) is 0 Å². The summed E-state index contributed by atoms with van der Waals surface area (Å²) in [5.41, 5.74) is -0.103. The smallest absolute Gasteiger partial charge is 0.254 e. The summed E-state index contributed by atoms with van der Waals surface area (Å²) in [5, 5.41) is 2.63. The fourth-order valence-electron chi connectivity index (χ4n) is 2.31. The normalized spacial score (nSPS) is 14.4. The quantitative estimate of drug-likeness (QED) is 0.869. The van der Waals surface area contributed by atoms with Crippen molar-refractivity contribution in [2.75, 3.05) is 18.4 Å². The van der Waals surface area contributed by atoms with Crippen molar-refractivity contribution in [2.24, 2.45) is 5.92 Å². The molecule has 1 aliphatic carbocycles. The molecule has 3 nitrogen and oxygen atoms in total. The summed E-state index contributed by atoms with van der Waals surface area (Å²) >= 11 is 0. The number of carbonyl (C=O) groups excluding carboxylic acids is 1. The second-order valence-corrected chi connectivity index (χ2v) is 5.84. The molecule has 21 heavy (non-hydrogen) atoms. The number of nitrogens with zero attached hydrogens (tertiary/aromatic N) is 1. The summed E-state index contributed by atoms with van der Waals surface area (Å²) in [6, 6.07) is 2.25. The topological polar surface area (TPSA) is 32.3 Å². The van der Waals surface area contributed by atoms with E-state index in [1.807, 2.05) is 13.8 Å². The van der Waals surface area contributed by atoms with Gasteiger partial charge in [-0.05, 0) is 51.7 Å². The molecule has 0 radical (unpaired) electrons. The van der Waals surface area contributed by atoms with E-state index in [0.29, 0.717) is 19.0 Å². The standard InChI is InChI=1S/C16H22F2N2O/c1-4-19-15-13(17)7-12(8-14(15)18)16(21)20(10(2)3)9-11-5-6-11/h7-8,10-11,19H,4-6,9H2,1-3H3. The summed E-state index contributed by atoms with van der Waals surface area (Å²) in [5.74, 6) is -1.23. The Morgan fingerprint density at radius 1 is 1.33 bits per heavy atom. The Balaban J connectivity index is 2.24. The van der Waals surface area contributed by atoms with Crippen LogP contribution in [0.5, 0.6) is 0 Å². The molecule has 0 atom stereocenters. The Bertz CT molecular complexity index is 504. The molecule has 0 bridgehead atoms. The molecule has 1 fully saturated rings. The van der Waals surface area contributed by atoms with Crippen molar-refractivity contribution in [3.63, 3.8) is 0 Å². The maximum atomic E-state index is 13.9. The van der Waals surface area contributed by atoms with Gasteiger partial charge >= 0.3 is 0 Å². The molecule has 1 amide bonds. The predicted molar refractivity (Wildman–Crippen MR) is 79.4 cm³/mol. The molecule has 1 N–H and O–H groups in total. The first-order valence-electron chi connectivity index (χ1n) is 7.47. The Morgan fingerprint density at radius 3 is 2.33 bits per heavy atom. The molecule has 2 rings (SSSR count). The van der Waals surface area contributed by atoms with Crippen LogP contribution in [-0.2, 0) is 0 Å². The highest BCUT2D eigenvalue weighted by Crippen LogP contribution is 2.31. The summed E-state index contributed by atoms with van der Waals surface area (Å²) in [6.45, 7) is 6.67. The highest BCUT2D eigenvalue weighted by molar-refractivity contribution is 5.95. The van der Waals surface area contributed by atoms with Gasteiger partial charge in [-0.3, -0.25) is 4.79 Å². The van der Waals surface area contributed by atoms with E-state index in [1.54, 1.807) is 11.8 Å². The van der Waals surface area contributed by atoms with Gasteiger partial charge in [0.25, 0.3) is 5.91 Å². The fraction of sp³-hybridized carbons (Fsp3) is 0.562. The van der Waals surface area contributed by atoms with Gasteiger partial charge in [0.1, 0.15) is 17.3 Å². The molecule has 0 aromatic heterocycles. The van der Waals surface area contributed by atoms with Crippen LogP contribution in [0.3, 0.4) is 0 Å². The monoisotopic (exact) mass is 296 g/mol. The highest BCUT2D eigenvalue weighted by Gasteiger charge is 2.29. The van der Waals surface area contributed by atoms with Gasteiger partial charge in [0.15, 0.2) is 0 Å². The van der Waals surface area contributed by atoms with Crippen molar-refractivity contribution in [1.82, 2.24) is 4.90 Å². The van der Waals surface area contributed by atoms with E-state index in [-0.39, 0.29) is 23.2 Å². The first-order chi connectivity index (χ1) is 9.93. The number of halogens is 2. The molecule has 1 aromatic carbocycles. The first kappa shape index (κ1) is 15.7. The van der Waals surface area contributed by atoms with Gasteiger partial charge < -0.3 is 10.2 Å². The predicted octanol–water partition coefficient (Wildman–Crippen LogP) is 3.66. The molecule has 1 saturated carbocycles.